The molecule has 0 unspecified atom stereocenters. The molecule has 1 aliphatic carbocycles. The van der Waals surface area contributed by atoms with E-state index in [1.807, 2.05) is 7.05 Å². The van der Waals surface area contributed by atoms with Crippen LogP contribution >= 0.6 is 0 Å². The number of aliphatic hydroxyl groups excluding tert-OH is 1. The number of hydrogen-bond donors (Lipinski definition) is 1. The van der Waals surface area contributed by atoms with Gasteiger partial charge in [-0.3, -0.25) is 4.68 Å². The summed E-state index contributed by atoms with van der Waals surface area (Å²) in [6.45, 7) is -0.0550. The second kappa shape index (κ2) is 2.30. The first-order valence-electron chi connectivity index (χ1n) is 3.82. The van der Waals surface area contributed by atoms with Gasteiger partial charge in [0.2, 0.25) is 0 Å². The molecule has 0 spiro atoms. The molecule has 0 atom stereocenters. The van der Waals surface area contributed by atoms with E-state index in [1.165, 1.54) is 12.8 Å². The topological polar surface area (TPSA) is 50.9 Å². The normalized spacial score (nSPS) is 17.3. The lowest BCUT2D eigenvalue weighted by atomic mass is 10.4. The number of rotatable bonds is 2. The highest BCUT2D eigenvalue weighted by atomic mass is 16.3. The smallest absolute Gasteiger partial charge is 0.176 e. The Bertz CT molecular complexity index is 265. The summed E-state index contributed by atoms with van der Waals surface area (Å²) in [7, 11) is 1.87. The fourth-order valence-electron chi connectivity index (χ4n) is 1.22. The van der Waals surface area contributed by atoms with Crippen molar-refractivity contribution in [1.82, 2.24) is 14.8 Å². The van der Waals surface area contributed by atoms with Gasteiger partial charge >= 0.3 is 0 Å². The standard InChI is InChI=1S/C7H11N3O/c1-10-7(5-2-3-5)8-6(4-11)9-10/h5,11H,2-4H2,1H3. The van der Waals surface area contributed by atoms with Crippen LogP contribution in [0.5, 0.6) is 0 Å². The minimum atomic E-state index is -0.0550. The first-order chi connectivity index (χ1) is 5.31. The van der Waals surface area contributed by atoms with Crippen molar-refractivity contribution in [2.24, 2.45) is 7.05 Å². The molecule has 0 radical (unpaired) electrons. The van der Waals surface area contributed by atoms with Crippen molar-refractivity contribution < 1.29 is 5.11 Å². The summed E-state index contributed by atoms with van der Waals surface area (Å²) in [6, 6.07) is 0. The maximum Gasteiger partial charge on any atom is 0.176 e. The van der Waals surface area contributed by atoms with E-state index in [2.05, 4.69) is 10.1 Å². The van der Waals surface area contributed by atoms with Gasteiger partial charge in [-0.2, -0.15) is 5.10 Å². The summed E-state index contributed by atoms with van der Waals surface area (Å²) in [5.41, 5.74) is 0. The minimum absolute atomic E-state index is 0.0550. The van der Waals surface area contributed by atoms with E-state index in [0.717, 1.165) is 5.82 Å². The van der Waals surface area contributed by atoms with Crippen LogP contribution in [0.15, 0.2) is 0 Å². The Morgan fingerprint density at radius 1 is 1.64 bits per heavy atom. The van der Waals surface area contributed by atoms with Gasteiger partial charge in [-0.15, -0.1) is 0 Å². The van der Waals surface area contributed by atoms with Gasteiger partial charge in [-0.25, -0.2) is 4.98 Å². The van der Waals surface area contributed by atoms with Gasteiger partial charge < -0.3 is 5.11 Å². The zero-order valence-corrected chi connectivity index (χ0v) is 6.49. The van der Waals surface area contributed by atoms with Gasteiger partial charge in [0, 0.05) is 13.0 Å². The molecule has 0 bridgehead atoms. The zero-order chi connectivity index (χ0) is 7.84. The van der Waals surface area contributed by atoms with E-state index < -0.39 is 0 Å². The van der Waals surface area contributed by atoms with Crippen LogP contribution in [0.1, 0.15) is 30.4 Å². The van der Waals surface area contributed by atoms with E-state index in [4.69, 9.17) is 5.11 Å². The number of aromatic nitrogens is 3. The van der Waals surface area contributed by atoms with Crippen LogP contribution in [0.2, 0.25) is 0 Å². The monoisotopic (exact) mass is 153 g/mol. The molecule has 1 aromatic rings. The molecule has 0 saturated heterocycles. The average Bonchev–Trinajstić information content (AvgIpc) is 2.76. The molecule has 4 heteroatoms. The van der Waals surface area contributed by atoms with Crippen molar-refractivity contribution in [2.45, 2.75) is 25.4 Å². The average molecular weight is 153 g/mol. The Labute approximate surface area is 64.9 Å². The Balaban J connectivity index is 2.30. The Kier molecular flexibility index (Phi) is 1.42. The summed E-state index contributed by atoms with van der Waals surface area (Å²) in [5, 5.41) is 12.8. The molecule has 2 rings (SSSR count). The van der Waals surface area contributed by atoms with Crippen LogP contribution in [-0.2, 0) is 13.7 Å². The predicted octanol–water partition coefficient (Wildman–Crippen LogP) is 0.185. The molecule has 1 saturated carbocycles. The summed E-state index contributed by atoms with van der Waals surface area (Å²) in [4.78, 5) is 4.19. The molecule has 0 aliphatic heterocycles. The highest BCUT2D eigenvalue weighted by molar-refractivity contribution is 5.06. The molecule has 0 aromatic carbocycles. The first-order valence-corrected chi connectivity index (χ1v) is 3.82. The number of aryl methyl sites for hydroxylation is 1. The summed E-state index contributed by atoms with van der Waals surface area (Å²) in [6.07, 6.45) is 2.44. The van der Waals surface area contributed by atoms with Gasteiger partial charge in [0.15, 0.2) is 5.82 Å². The lowest BCUT2D eigenvalue weighted by Gasteiger charge is -1.92. The molecule has 1 aliphatic rings. The van der Waals surface area contributed by atoms with Crippen LogP contribution in [0.3, 0.4) is 0 Å². The Morgan fingerprint density at radius 3 is 2.82 bits per heavy atom. The number of nitrogens with zero attached hydrogens (tertiary/aromatic N) is 3. The van der Waals surface area contributed by atoms with Crippen molar-refractivity contribution in [2.75, 3.05) is 0 Å². The summed E-state index contributed by atoms with van der Waals surface area (Å²) < 4.78 is 1.77. The lowest BCUT2D eigenvalue weighted by molar-refractivity contribution is 0.271. The molecular weight excluding hydrogens is 142 g/mol. The first kappa shape index (κ1) is 6.79. The highest BCUT2D eigenvalue weighted by Gasteiger charge is 2.28. The Morgan fingerprint density at radius 2 is 2.36 bits per heavy atom. The lowest BCUT2D eigenvalue weighted by Crippen LogP contribution is -1.96. The molecule has 1 fully saturated rings. The van der Waals surface area contributed by atoms with Crippen LogP contribution in [-0.4, -0.2) is 19.9 Å². The van der Waals surface area contributed by atoms with E-state index in [9.17, 15) is 0 Å². The van der Waals surface area contributed by atoms with Gasteiger partial charge in [-0.1, -0.05) is 0 Å². The molecule has 1 aromatic heterocycles. The maximum absolute atomic E-state index is 8.74. The second-order valence-electron chi connectivity index (χ2n) is 2.94. The number of hydrogen-bond acceptors (Lipinski definition) is 3. The third kappa shape index (κ3) is 1.14. The zero-order valence-electron chi connectivity index (χ0n) is 6.49. The molecule has 11 heavy (non-hydrogen) atoms. The molecule has 4 nitrogen and oxygen atoms in total. The molecule has 0 amide bonds. The van der Waals surface area contributed by atoms with Crippen LogP contribution < -0.4 is 0 Å². The quantitative estimate of drug-likeness (QED) is 0.659. The fourth-order valence-corrected chi connectivity index (χ4v) is 1.22. The molecule has 60 valence electrons. The van der Waals surface area contributed by atoms with Crippen LogP contribution in [0, 0.1) is 0 Å². The van der Waals surface area contributed by atoms with Crippen molar-refractivity contribution in [3.8, 4) is 0 Å². The van der Waals surface area contributed by atoms with Crippen molar-refractivity contribution in [1.29, 1.82) is 0 Å². The summed E-state index contributed by atoms with van der Waals surface area (Å²) >= 11 is 0. The fraction of sp³-hybridized carbons (Fsp3) is 0.714. The molecule has 1 heterocycles. The highest BCUT2D eigenvalue weighted by Crippen LogP contribution is 2.38. The molecular formula is C7H11N3O. The third-order valence-corrected chi connectivity index (χ3v) is 1.92. The van der Waals surface area contributed by atoms with Crippen molar-refractivity contribution in [3.63, 3.8) is 0 Å². The largest absolute Gasteiger partial charge is 0.388 e. The van der Waals surface area contributed by atoms with E-state index >= 15 is 0 Å². The van der Waals surface area contributed by atoms with Gasteiger partial charge in [-0.05, 0) is 12.8 Å². The van der Waals surface area contributed by atoms with E-state index in [0.29, 0.717) is 11.7 Å². The number of aliphatic hydroxyl groups is 1. The van der Waals surface area contributed by atoms with E-state index in [1.54, 1.807) is 4.68 Å². The van der Waals surface area contributed by atoms with Crippen LogP contribution in [0.25, 0.3) is 0 Å². The van der Waals surface area contributed by atoms with Gasteiger partial charge in [0.05, 0.1) is 0 Å². The minimum Gasteiger partial charge on any atom is -0.388 e. The molecule has 1 N–H and O–H groups in total. The SMILES string of the molecule is Cn1nc(CO)nc1C1CC1. The Hall–Kier alpha value is -0.900. The van der Waals surface area contributed by atoms with Crippen molar-refractivity contribution >= 4 is 0 Å². The van der Waals surface area contributed by atoms with Gasteiger partial charge in [0.25, 0.3) is 0 Å². The predicted molar refractivity (Wildman–Crippen MR) is 38.9 cm³/mol. The third-order valence-electron chi connectivity index (χ3n) is 1.92. The van der Waals surface area contributed by atoms with Crippen molar-refractivity contribution in [3.05, 3.63) is 11.6 Å². The summed E-state index contributed by atoms with van der Waals surface area (Å²) in [5.74, 6) is 2.16. The maximum atomic E-state index is 8.74. The second-order valence-corrected chi connectivity index (χ2v) is 2.94. The van der Waals surface area contributed by atoms with Gasteiger partial charge in [0.1, 0.15) is 12.4 Å². The van der Waals surface area contributed by atoms with Crippen LogP contribution in [0.4, 0.5) is 0 Å². The van der Waals surface area contributed by atoms with E-state index in [-0.39, 0.29) is 6.61 Å².